The molecule has 0 unspecified atom stereocenters. The fraction of sp³-hybridized carbons (Fsp3) is 0.146. The first-order valence-electron chi connectivity index (χ1n) is 15.8. The number of aromatic nitrogens is 1. The summed E-state index contributed by atoms with van der Waals surface area (Å²) in [5, 5.41) is 18.9. The summed E-state index contributed by atoms with van der Waals surface area (Å²) in [4.78, 5) is 22.5. The van der Waals surface area contributed by atoms with Crippen molar-refractivity contribution < 1.29 is 19.4 Å². The van der Waals surface area contributed by atoms with E-state index in [-0.39, 0.29) is 15.7 Å². The summed E-state index contributed by atoms with van der Waals surface area (Å²) in [7, 11) is 3.32. The van der Waals surface area contributed by atoms with Gasteiger partial charge in [0.25, 0.3) is 0 Å². The van der Waals surface area contributed by atoms with E-state index in [0.29, 0.717) is 0 Å². The minimum absolute atomic E-state index is 0.223. The van der Waals surface area contributed by atoms with Crippen molar-refractivity contribution in [1.29, 1.82) is 5.26 Å². The summed E-state index contributed by atoms with van der Waals surface area (Å²) in [5.74, 6) is 6.96. The van der Waals surface area contributed by atoms with Crippen molar-refractivity contribution >= 4 is 68.7 Å². The molecule has 0 saturated heterocycles. The summed E-state index contributed by atoms with van der Waals surface area (Å²) >= 11 is 4.51. The van der Waals surface area contributed by atoms with Crippen LogP contribution in [0.15, 0.2) is 97.1 Å². The van der Waals surface area contributed by atoms with Crippen molar-refractivity contribution in [3.63, 3.8) is 0 Å². The molecule has 6 aromatic rings. The predicted molar refractivity (Wildman–Crippen MR) is 208 cm³/mol. The number of nitrogens with zero attached hydrogens (tertiary/aromatic N) is 3. The summed E-state index contributed by atoms with van der Waals surface area (Å²) in [6.07, 6.45) is 2.02. The van der Waals surface area contributed by atoms with E-state index in [4.69, 9.17) is 9.47 Å². The zero-order valence-corrected chi connectivity index (χ0v) is 31.0. The molecule has 0 spiro atoms. The number of thiazole rings is 1. The van der Waals surface area contributed by atoms with Crippen LogP contribution in [-0.4, -0.2) is 30.3 Å². The molecule has 1 N–H and O–H groups in total. The third-order valence-electron chi connectivity index (χ3n) is 7.77. The molecule has 0 aliphatic rings. The molecule has 0 amide bonds. The Morgan fingerprint density at radius 3 is 1.84 bits per heavy atom. The number of methoxy groups -OCH3 is 2. The highest BCUT2D eigenvalue weighted by Gasteiger charge is 2.21. The molecule has 0 atom stereocenters. The van der Waals surface area contributed by atoms with Crippen molar-refractivity contribution in [3.05, 3.63) is 127 Å². The van der Waals surface area contributed by atoms with Gasteiger partial charge in [-0.05, 0) is 103 Å². The van der Waals surface area contributed by atoms with E-state index in [1.165, 1.54) is 11.3 Å². The van der Waals surface area contributed by atoms with Crippen molar-refractivity contribution in [2.45, 2.75) is 26.2 Å². The minimum atomic E-state index is -1.27. The highest BCUT2D eigenvalue weighted by molar-refractivity contribution is 7.22. The number of hydrogen-bond acceptors (Lipinski definition) is 9. The lowest BCUT2D eigenvalue weighted by Gasteiger charge is -2.25. The molecule has 51 heavy (non-hydrogen) atoms. The van der Waals surface area contributed by atoms with E-state index in [2.05, 4.69) is 46.0 Å². The van der Waals surface area contributed by atoms with Gasteiger partial charge in [-0.2, -0.15) is 5.26 Å². The van der Waals surface area contributed by atoms with Crippen molar-refractivity contribution in [1.82, 2.24) is 4.98 Å². The van der Waals surface area contributed by atoms with Crippen molar-refractivity contribution in [2.24, 2.45) is 0 Å². The maximum atomic E-state index is 11.6. The van der Waals surface area contributed by atoms with Crippen LogP contribution in [0.2, 0.25) is 0 Å². The summed E-state index contributed by atoms with van der Waals surface area (Å²) in [5.41, 5.74) is 3.99. The van der Waals surface area contributed by atoms with Crippen LogP contribution in [0.5, 0.6) is 11.5 Å². The van der Waals surface area contributed by atoms with Gasteiger partial charge in [0.1, 0.15) is 22.2 Å². The van der Waals surface area contributed by atoms with Gasteiger partial charge in [-0.3, -0.25) is 0 Å². The molecule has 0 aliphatic heterocycles. The third-order valence-corrected chi connectivity index (χ3v) is 11.0. The Kier molecular flexibility index (Phi) is 10.4. The number of nitriles is 1. The number of carboxylic acid groups (broad SMARTS) is 1. The average molecular weight is 728 g/mol. The Morgan fingerprint density at radius 2 is 1.31 bits per heavy atom. The molecule has 7 nitrogen and oxygen atoms in total. The largest absolute Gasteiger partial charge is 0.497 e. The number of rotatable bonds is 8. The average Bonchev–Trinajstić information content (AvgIpc) is 3.90. The minimum Gasteiger partial charge on any atom is -0.497 e. The Labute approximate surface area is 308 Å². The van der Waals surface area contributed by atoms with E-state index >= 15 is 0 Å². The Hall–Kier alpha value is -5.65. The molecular formula is C41H33N3O4S3. The number of ether oxygens (including phenoxy) is 2. The van der Waals surface area contributed by atoms with Crippen LogP contribution in [0, 0.1) is 23.2 Å². The van der Waals surface area contributed by atoms with Crippen LogP contribution in [0.3, 0.4) is 0 Å². The second-order valence-corrected chi connectivity index (χ2v) is 15.5. The first-order chi connectivity index (χ1) is 24.6. The molecule has 0 saturated carbocycles. The topological polar surface area (TPSA) is 95.7 Å². The normalized spacial score (nSPS) is 12.0. The molecule has 0 fully saturated rings. The van der Waals surface area contributed by atoms with Crippen LogP contribution in [0.4, 0.5) is 17.1 Å². The maximum Gasteiger partial charge on any atom is 0.349 e. The third kappa shape index (κ3) is 8.06. The molecular weight excluding hydrogens is 695 g/mol. The summed E-state index contributed by atoms with van der Waals surface area (Å²) in [6, 6.07) is 34.2. The lowest BCUT2D eigenvalue weighted by Crippen LogP contribution is -2.21. The molecule has 3 heterocycles. The van der Waals surface area contributed by atoms with Crippen molar-refractivity contribution in [3.8, 4) is 39.2 Å². The lowest BCUT2D eigenvalue weighted by molar-refractivity contribution is -0.130. The second-order valence-electron chi connectivity index (χ2n) is 12.3. The quantitative estimate of drug-likeness (QED) is 0.157. The number of hydrogen-bond donors (Lipinski definition) is 1. The van der Waals surface area contributed by atoms with Gasteiger partial charge in [-0.25, -0.2) is 9.78 Å². The number of aliphatic carboxylic acids is 1. The van der Waals surface area contributed by atoms with Crippen molar-refractivity contribution in [2.75, 3.05) is 19.1 Å². The van der Waals surface area contributed by atoms with Gasteiger partial charge in [0.15, 0.2) is 5.57 Å². The van der Waals surface area contributed by atoms with E-state index in [0.717, 1.165) is 63.9 Å². The van der Waals surface area contributed by atoms with Gasteiger partial charge in [0.2, 0.25) is 0 Å². The molecule has 0 radical (unpaired) electrons. The predicted octanol–water partition coefficient (Wildman–Crippen LogP) is 8.71. The van der Waals surface area contributed by atoms with E-state index in [9.17, 15) is 15.2 Å². The van der Waals surface area contributed by atoms with Crippen LogP contribution in [0.25, 0.3) is 21.4 Å². The molecule has 254 valence electrons. The van der Waals surface area contributed by atoms with Crippen LogP contribution < -0.4 is 23.6 Å². The highest BCUT2D eigenvalue weighted by atomic mass is 32.1. The SMILES string of the molecule is COc1ccc(N(c2ccc(C#Cc3ccc(-c4ccc(C=c5s/c(=C(/C#N)C(=O)O)nc5C(C)(C)C)s4)s3)cc2)c2ccc(OC)cc2)cc1. The van der Waals surface area contributed by atoms with E-state index in [1.807, 2.05) is 99.6 Å². The van der Waals surface area contributed by atoms with Gasteiger partial charge in [-0.15, -0.1) is 34.0 Å². The van der Waals surface area contributed by atoms with Gasteiger partial charge in [-0.1, -0.05) is 32.6 Å². The van der Waals surface area contributed by atoms with Crippen LogP contribution in [-0.2, 0) is 10.2 Å². The van der Waals surface area contributed by atoms with Gasteiger partial charge < -0.3 is 19.5 Å². The maximum absolute atomic E-state index is 11.6. The summed E-state index contributed by atoms with van der Waals surface area (Å²) < 4.78 is 11.8. The van der Waals surface area contributed by atoms with Gasteiger partial charge >= 0.3 is 5.97 Å². The standard InChI is InChI=1S/C41H33N3O4S3/c1-41(2,3)38-37(51-39(43-38)34(25-42)40(45)46)24-33-21-23-36(50-33)35-22-20-32(49-35)19-8-26-6-9-27(10-7-26)44(28-11-15-30(47-4)16-12-28)29-13-17-31(48-5)18-14-29/h6-7,9-18,20-24H,1-5H3,(H,45,46)/b37-24?,39-34-. The molecule has 0 aliphatic carbocycles. The molecule has 3 aromatic carbocycles. The molecule has 3 aromatic heterocycles. The zero-order valence-electron chi connectivity index (χ0n) is 28.6. The zero-order chi connectivity index (χ0) is 36.1. The second kappa shape index (κ2) is 15.1. The van der Waals surface area contributed by atoms with E-state index < -0.39 is 5.97 Å². The van der Waals surface area contributed by atoms with E-state index in [1.54, 1.807) is 43.0 Å². The fourth-order valence-electron chi connectivity index (χ4n) is 5.23. The van der Waals surface area contributed by atoms with Gasteiger partial charge in [0, 0.05) is 42.7 Å². The first-order valence-corrected chi connectivity index (χ1v) is 18.3. The highest BCUT2D eigenvalue weighted by Crippen LogP contribution is 2.37. The van der Waals surface area contributed by atoms with Crippen LogP contribution in [0.1, 0.15) is 41.8 Å². The number of benzene rings is 3. The number of anilines is 3. The van der Waals surface area contributed by atoms with Gasteiger partial charge in [0.05, 0.1) is 29.3 Å². The fourth-order valence-corrected chi connectivity index (χ4v) is 8.42. The Morgan fingerprint density at radius 1 is 0.765 bits per heavy atom. The molecule has 0 bridgehead atoms. The number of carbonyl (C=O) groups is 1. The Bertz CT molecular complexity index is 2370. The monoisotopic (exact) mass is 727 g/mol. The number of carboxylic acids is 1. The lowest BCUT2D eigenvalue weighted by atomic mass is 9.92. The first kappa shape index (κ1) is 35.2. The molecule has 6 rings (SSSR count). The number of thiophene rings is 2. The van der Waals surface area contributed by atoms with Crippen LogP contribution >= 0.6 is 34.0 Å². The smallest absolute Gasteiger partial charge is 0.349 e. The summed E-state index contributed by atoms with van der Waals surface area (Å²) in [6.45, 7) is 6.08. The Balaban J connectivity index is 1.23. The molecule has 10 heteroatoms.